The monoisotopic (exact) mass is 277 g/mol. The Morgan fingerprint density at radius 2 is 1.80 bits per heavy atom. The molecule has 1 unspecified atom stereocenters. The van der Waals surface area contributed by atoms with E-state index in [2.05, 4.69) is 53.3 Å². The van der Waals surface area contributed by atoms with Gasteiger partial charge < -0.3 is 10.6 Å². The van der Waals surface area contributed by atoms with Gasteiger partial charge in [0.25, 0.3) is 0 Å². The van der Waals surface area contributed by atoms with Crippen molar-refractivity contribution < 1.29 is 0 Å². The molecule has 20 heavy (non-hydrogen) atoms. The van der Waals surface area contributed by atoms with Crippen LogP contribution in [0.3, 0.4) is 0 Å². The maximum absolute atomic E-state index is 4.53. The second kappa shape index (κ2) is 6.39. The van der Waals surface area contributed by atoms with Gasteiger partial charge in [0.1, 0.15) is 17.5 Å². The van der Waals surface area contributed by atoms with Crippen molar-refractivity contribution in [1.29, 1.82) is 0 Å². The zero-order valence-electron chi connectivity index (χ0n) is 13.3. The molecule has 0 radical (unpaired) electrons. The molecule has 1 saturated carbocycles. The largest absolute Gasteiger partial charge is 0.370 e. The van der Waals surface area contributed by atoms with Gasteiger partial charge in [-0.1, -0.05) is 0 Å². The average molecular weight is 277 g/mol. The second-order valence-electron chi connectivity index (χ2n) is 5.75. The van der Waals surface area contributed by atoms with Gasteiger partial charge in [0.15, 0.2) is 0 Å². The summed E-state index contributed by atoms with van der Waals surface area (Å²) < 4.78 is 0. The Hall–Kier alpha value is -1.36. The highest BCUT2D eigenvalue weighted by Gasteiger charge is 2.29. The number of hydrogen-bond donors (Lipinski definition) is 2. The van der Waals surface area contributed by atoms with Crippen molar-refractivity contribution in [2.45, 2.75) is 52.6 Å². The van der Waals surface area contributed by atoms with E-state index in [4.69, 9.17) is 0 Å². The first kappa shape index (κ1) is 15.0. The fraction of sp³-hybridized carbons (Fsp3) is 0.733. The molecule has 112 valence electrons. The summed E-state index contributed by atoms with van der Waals surface area (Å²) in [6, 6.07) is 1.30. The van der Waals surface area contributed by atoms with Gasteiger partial charge in [-0.05, 0) is 47.6 Å². The van der Waals surface area contributed by atoms with Gasteiger partial charge in [0.2, 0.25) is 0 Å². The number of likely N-dealkylation sites (N-methyl/N-ethyl adjacent to an activating group) is 1. The maximum Gasteiger partial charge on any atom is 0.134 e. The van der Waals surface area contributed by atoms with Gasteiger partial charge in [-0.2, -0.15) is 0 Å². The van der Waals surface area contributed by atoms with Crippen LogP contribution in [-0.2, 0) is 0 Å². The summed E-state index contributed by atoms with van der Waals surface area (Å²) in [6.07, 6.45) is 2.69. The fourth-order valence-electron chi connectivity index (χ4n) is 2.37. The van der Waals surface area contributed by atoms with Crippen molar-refractivity contribution in [3.63, 3.8) is 0 Å². The molecule has 1 aliphatic rings. The number of aryl methyl sites for hydroxylation is 1. The molecule has 1 fully saturated rings. The lowest BCUT2D eigenvalue weighted by Crippen LogP contribution is -2.36. The first-order chi connectivity index (χ1) is 9.52. The topological polar surface area (TPSA) is 53.1 Å². The van der Waals surface area contributed by atoms with E-state index < -0.39 is 0 Å². The van der Waals surface area contributed by atoms with Crippen molar-refractivity contribution in [3.8, 4) is 0 Å². The smallest absolute Gasteiger partial charge is 0.134 e. The lowest BCUT2D eigenvalue weighted by Gasteiger charge is -2.25. The number of hydrogen-bond acceptors (Lipinski definition) is 5. The zero-order chi connectivity index (χ0) is 14.7. The third-order valence-corrected chi connectivity index (χ3v) is 3.98. The van der Waals surface area contributed by atoms with Crippen LogP contribution in [0.25, 0.3) is 0 Å². The van der Waals surface area contributed by atoms with Crippen LogP contribution < -0.4 is 10.6 Å². The minimum absolute atomic E-state index is 0.514. The quantitative estimate of drug-likeness (QED) is 0.801. The molecule has 5 nitrogen and oxygen atoms in total. The van der Waals surface area contributed by atoms with Crippen molar-refractivity contribution in [2.24, 2.45) is 0 Å². The Balaban J connectivity index is 2.01. The predicted octanol–water partition coefficient (Wildman–Crippen LogP) is 2.42. The number of nitrogens with zero attached hydrogens (tertiary/aromatic N) is 3. The molecule has 1 heterocycles. The van der Waals surface area contributed by atoms with Gasteiger partial charge in [0, 0.05) is 30.7 Å². The van der Waals surface area contributed by atoms with Crippen molar-refractivity contribution >= 4 is 11.6 Å². The van der Waals surface area contributed by atoms with Crippen molar-refractivity contribution in [1.82, 2.24) is 14.9 Å². The Bertz CT molecular complexity index is 456. The van der Waals surface area contributed by atoms with Gasteiger partial charge in [-0.25, -0.2) is 9.97 Å². The van der Waals surface area contributed by atoms with Crippen LogP contribution in [0.2, 0.25) is 0 Å². The first-order valence-corrected chi connectivity index (χ1v) is 7.57. The van der Waals surface area contributed by atoms with E-state index in [1.54, 1.807) is 0 Å². The molecule has 5 heteroatoms. The van der Waals surface area contributed by atoms with E-state index in [1.807, 2.05) is 6.92 Å². The van der Waals surface area contributed by atoms with Crippen molar-refractivity contribution in [3.05, 3.63) is 11.4 Å². The number of aromatic nitrogens is 2. The van der Waals surface area contributed by atoms with Crippen LogP contribution in [0, 0.1) is 13.8 Å². The molecule has 0 saturated heterocycles. The third kappa shape index (κ3) is 3.60. The maximum atomic E-state index is 4.53. The van der Waals surface area contributed by atoms with Crippen LogP contribution in [0.15, 0.2) is 0 Å². The second-order valence-corrected chi connectivity index (χ2v) is 5.75. The van der Waals surface area contributed by atoms with Crippen LogP contribution in [-0.4, -0.2) is 47.1 Å². The normalized spacial score (nSPS) is 16.3. The van der Waals surface area contributed by atoms with Gasteiger partial charge in [-0.15, -0.1) is 0 Å². The summed E-state index contributed by atoms with van der Waals surface area (Å²) in [4.78, 5) is 11.4. The Labute approximate surface area is 122 Å². The fourth-order valence-corrected chi connectivity index (χ4v) is 2.37. The Morgan fingerprint density at radius 1 is 1.20 bits per heavy atom. The van der Waals surface area contributed by atoms with E-state index in [0.717, 1.165) is 42.2 Å². The van der Waals surface area contributed by atoms with E-state index in [1.165, 1.54) is 12.8 Å². The molecule has 2 N–H and O–H groups in total. The van der Waals surface area contributed by atoms with Crippen LogP contribution in [0.1, 0.15) is 38.1 Å². The minimum Gasteiger partial charge on any atom is -0.370 e. The molecule has 1 aliphatic carbocycles. The summed E-state index contributed by atoms with van der Waals surface area (Å²) in [6.45, 7) is 10.1. The van der Waals surface area contributed by atoms with Gasteiger partial charge in [0.05, 0.1) is 0 Å². The number of rotatable bonds is 7. The summed E-state index contributed by atoms with van der Waals surface area (Å²) in [5.74, 6) is 2.69. The summed E-state index contributed by atoms with van der Waals surface area (Å²) in [5.41, 5.74) is 1.10. The first-order valence-electron chi connectivity index (χ1n) is 7.57. The minimum atomic E-state index is 0.514. The Morgan fingerprint density at radius 3 is 2.35 bits per heavy atom. The summed E-state index contributed by atoms with van der Waals surface area (Å²) in [5, 5.41) is 6.78. The van der Waals surface area contributed by atoms with E-state index >= 15 is 0 Å². The van der Waals surface area contributed by atoms with Gasteiger partial charge in [-0.3, -0.25) is 4.90 Å². The lowest BCUT2D eigenvalue weighted by molar-refractivity contribution is 0.257. The molecule has 2 rings (SSSR count). The molecular formula is C15H27N5. The molecule has 0 aromatic carbocycles. The molecule has 0 spiro atoms. The van der Waals surface area contributed by atoms with E-state index in [9.17, 15) is 0 Å². The standard InChI is InChI=1S/C15H27N5/c1-6-16-14-11(3)15(19-12(4)18-14)17-9-10(2)20(5)13-7-8-13/h10,13H,6-9H2,1-5H3,(H2,16,17,18,19). The van der Waals surface area contributed by atoms with Gasteiger partial charge >= 0.3 is 0 Å². The third-order valence-electron chi connectivity index (χ3n) is 3.98. The summed E-state index contributed by atoms with van der Waals surface area (Å²) >= 11 is 0. The SMILES string of the molecule is CCNc1nc(C)nc(NCC(C)N(C)C2CC2)c1C. The Kier molecular flexibility index (Phi) is 4.81. The number of nitrogens with one attached hydrogen (secondary N) is 2. The highest BCUT2D eigenvalue weighted by molar-refractivity contribution is 5.57. The lowest BCUT2D eigenvalue weighted by atomic mass is 10.2. The van der Waals surface area contributed by atoms with Crippen LogP contribution >= 0.6 is 0 Å². The number of anilines is 2. The zero-order valence-corrected chi connectivity index (χ0v) is 13.3. The van der Waals surface area contributed by atoms with E-state index in [-0.39, 0.29) is 0 Å². The molecular weight excluding hydrogens is 250 g/mol. The molecule has 0 bridgehead atoms. The predicted molar refractivity (Wildman–Crippen MR) is 84.4 cm³/mol. The van der Waals surface area contributed by atoms with Crippen LogP contribution in [0.4, 0.5) is 11.6 Å². The highest BCUT2D eigenvalue weighted by Crippen LogP contribution is 2.27. The molecule has 0 amide bonds. The van der Waals surface area contributed by atoms with E-state index in [0.29, 0.717) is 6.04 Å². The molecule has 1 aromatic heterocycles. The summed E-state index contributed by atoms with van der Waals surface area (Å²) in [7, 11) is 2.21. The highest BCUT2D eigenvalue weighted by atomic mass is 15.2. The molecule has 1 atom stereocenters. The molecule has 1 aromatic rings. The van der Waals surface area contributed by atoms with Crippen LogP contribution in [0.5, 0.6) is 0 Å². The average Bonchev–Trinajstić information content (AvgIpc) is 3.24. The molecule has 0 aliphatic heterocycles. The van der Waals surface area contributed by atoms with Crippen molar-refractivity contribution in [2.75, 3.05) is 30.8 Å².